The molecule has 0 aromatic carbocycles. The van der Waals surface area contributed by atoms with Crippen molar-refractivity contribution in [3.8, 4) is 0 Å². The topological polar surface area (TPSA) is 163 Å². The summed E-state index contributed by atoms with van der Waals surface area (Å²) in [6, 6.07) is 0. The molecule has 6 rings (SSSR count). The van der Waals surface area contributed by atoms with E-state index in [-0.39, 0.29) is 42.7 Å². The van der Waals surface area contributed by atoms with Crippen LogP contribution in [0.15, 0.2) is 0 Å². The number of carbonyl (C=O) groups excluding carboxylic acids is 2. The smallest absolute Gasteiger partial charge is 0.317 e. The molecule has 9 unspecified atom stereocenters. The molecule has 1 aliphatic carbocycles. The highest BCUT2D eigenvalue weighted by molar-refractivity contribution is 5.83. The minimum atomic E-state index is -1.97. The summed E-state index contributed by atoms with van der Waals surface area (Å²) in [6.45, 7) is 20.8. The molecule has 5 saturated heterocycles. The van der Waals surface area contributed by atoms with Crippen molar-refractivity contribution in [3.63, 3.8) is 0 Å². The van der Waals surface area contributed by atoms with Crippen LogP contribution in [0.1, 0.15) is 121 Å². The summed E-state index contributed by atoms with van der Waals surface area (Å²) in [6.07, 6.45) is -1.94. The molecule has 3 N–H and O–H groups in total. The monoisotopic (exact) mass is 752 g/mol. The summed E-state index contributed by atoms with van der Waals surface area (Å²) in [7, 11) is 1.55. The number of methoxy groups -OCH3 is 1. The molecule has 304 valence electrons. The van der Waals surface area contributed by atoms with E-state index in [2.05, 4.69) is 27.7 Å². The maximum atomic E-state index is 14.6. The zero-order valence-corrected chi connectivity index (χ0v) is 34.1. The lowest BCUT2D eigenvalue weighted by atomic mass is 9.48. The first-order chi connectivity index (χ1) is 24.6. The van der Waals surface area contributed by atoms with Gasteiger partial charge in [0, 0.05) is 31.3 Å². The summed E-state index contributed by atoms with van der Waals surface area (Å²) in [5, 5.41) is 35.8. The van der Waals surface area contributed by atoms with Crippen LogP contribution in [0.4, 0.5) is 0 Å². The number of aliphatic hydroxyl groups excluding tert-OH is 1. The molecule has 0 aromatic heterocycles. The Kier molecular flexibility index (Phi) is 11.2. The highest BCUT2D eigenvalue weighted by Crippen LogP contribution is 2.63. The number of rotatable bonds is 6. The van der Waals surface area contributed by atoms with Crippen LogP contribution >= 0.6 is 0 Å². The van der Waals surface area contributed by atoms with Gasteiger partial charge in [-0.1, -0.05) is 48.5 Å². The Morgan fingerprint density at radius 1 is 0.962 bits per heavy atom. The zero-order valence-electron chi connectivity index (χ0n) is 34.1. The van der Waals surface area contributed by atoms with Crippen LogP contribution in [0.3, 0.4) is 0 Å². The molecule has 1 saturated carbocycles. The van der Waals surface area contributed by atoms with Crippen LogP contribution in [-0.4, -0.2) is 106 Å². The van der Waals surface area contributed by atoms with Gasteiger partial charge in [0.05, 0.1) is 42.5 Å². The van der Waals surface area contributed by atoms with Gasteiger partial charge in [-0.15, -0.1) is 0 Å². The van der Waals surface area contributed by atoms with Gasteiger partial charge in [0.15, 0.2) is 12.1 Å². The number of hydrogen-bond acceptors (Lipinski definition) is 12. The first-order valence-electron chi connectivity index (χ1n) is 20.3. The summed E-state index contributed by atoms with van der Waals surface area (Å²) in [4.78, 5) is 28.5. The number of epoxide rings is 1. The Balaban J connectivity index is 1.38. The van der Waals surface area contributed by atoms with Gasteiger partial charge in [-0.3, -0.25) is 9.59 Å². The zero-order chi connectivity index (χ0) is 39.2. The minimum absolute atomic E-state index is 0.0000875. The van der Waals surface area contributed by atoms with Gasteiger partial charge in [-0.05, 0) is 83.0 Å². The van der Waals surface area contributed by atoms with Crippen molar-refractivity contribution in [1.29, 1.82) is 0 Å². The van der Waals surface area contributed by atoms with Gasteiger partial charge < -0.3 is 48.5 Å². The van der Waals surface area contributed by atoms with Crippen LogP contribution < -0.4 is 0 Å². The van der Waals surface area contributed by atoms with E-state index in [0.29, 0.717) is 24.2 Å². The van der Waals surface area contributed by atoms with E-state index in [0.717, 1.165) is 19.3 Å². The Bertz CT molecular complexity index is 1370. The molecule has 5 heterocycles. The second-order valence-corrected chi connectivity index (χ2v) is 19.0. The first kappa shape index (κ1) is 41.4. The van der Waals surface area contributed by atoms with Crippen molar-refractivity contribution >= 4 is 11.8 Å². The minimum Gasteiger partial charge on any atom is -0.459 e. The fourth-order valence-corrected chi connectivity index (χ4v) is 11.7. The normalized spacial score (nSPS) is 54.7. The lowest BCUT2D eigenvalue weighted by Crippen LogP contribution is -2.72. The van der Waals surface area contributed by atoms with Gasteiger partial charge in [0.25, 0.3) is 0 Å². The van der Waals surface area contributed by atoms with Crippen molar-refractivity contribution in [2.24, 2.45) is 46.8 Å². The molecule has 5 aliphatic heterocycles. The van der Waals surface area contributed by atoms with Crippen LogP contribution in [0.5, 0.6) is 0 Å². The second-order valence-electron chi connectivity index (χ2n) is 19.0. The van der Waals surface area contributed by atoms with Gasteiger partial charge in [0.1, 0.15) is 29.5 Å². The number of cyclic esters (lactones) is 1. The molecule has 19 atom stereocenters. The highest BCUT2D eigenvalue weighted by atomic mass is 16.8. The van der Waals surface area contributed by atoms with E-state index in [9.17, 15) is 24.9 Å². The van der Waals surface area contributed by atoms with E-state index in [4.69, 9.17) is 33.2 Å². The van der Waals surface area contributed by atoms with Crippen molar-refractivity contribution in [1.82, 2.24) is 0 Å². The number of ether oxygens (including phenoxy) is 7. The molecule has 0 bridgehead atoms. The lowest BCUT2D eigenvalue weighted by Gasteiger charge is -2.59. The van der Waals surface area contributed by atoms with Crippen molar-refractivity contribution in [2.45, 2.75) is 193 Å². The van der Waals surface area contributed by atoms with Crippen LogP contribution in [-0.2, 0) is 42.7 Å². The standard InChI is InChI=1S/C41H68O12/c1-13-28-38(11,46)33(43)24(7)31(42)21(4)17-37(10,45)34(50-29-15-27-14-22(5)39(27,16-20(2)3)18-23(6)48-29)25(8)32-30(36(44)49-28)40(52-32)19-41(47-12)35(53-41)26(9)51-40/h20-30,32-35,43,45-46H,13-19H2,1-12H3/t21-,22?,23?,24+,25+,26?,27?,28-,29?,30-,32+,33-,34-,35?,37+,38-,39?,40?,41?/m1/s1. The number of hydrogen-bond donors (Lipinski definition) is 3. The summed E-state index contributed by atoms with van der Waals surface area (Å²) >= 11 is 0. The summed E-state index contributed by atoms with van der Waals surface area (Å²) < 4.78 is 44.7. The maximum absolute atomic E-state index is 14.6. The Morgan fingerprint density at radius 3 is 2.25 bits per heavy atom. The van der Waals surface area contributed by atoms with Crippen LogP contribution in [0.2, 0.25) is 0 Å². The predicted molar refractivity (Wildman–Crippen MR) is 193 cm³/mol. The molecule has 12 nitrogen and oxygen atoms in total. The molecule has 0 aromatic rings. The van der Waals surface area contributed by atoms with Gasteiger partial charge in [-0.25, -0.2) is 0 Å². The van der Waals surface area contributed by atoms with Crippen LogP contribution in [0, 0.1) is 46.8 Å². The third-order valence-corrected chi connectivity index (χ3v) is 14.4. The molecule has 0 radical (unpaired) electrons. The van der Waals surface area contributed by atoms with Crippen molar-refractivity contribution < 1.29 is 58.1 Å². The van der Waals surface area contributed by atoms with E-state index < -0.39 is 89.2 Å². The maximum Gasteiger partial charge on any atom is 0.317 e. The fourth-order valence-electron chi connectivity index (χ4n) is 11.7. The average Bonchev–Trinajstić information content (AvgIpc) is 3.82. The Morgan fingerprint density at radius 2 is 1.64 bits per heavy atom. The number of fused-ring (bicyclic) bond motifs is 4. The SMILES string of the molecule is CC[C@H]1OC(=O)[C@H]2[C@@H](OC23CC2(OC)OC2C(C)O3)[C@H](C)[C@@H](OC2CC3CC(C)C3(CC(C)C)CC(C)O2)[C@@](C)(O)C[C@@H](C)C(=O)[C@H](C)[C@@H](O)[C@]1(C)O. The number of Topliss-reactive ketones (excluding diaryl/α,β-unsaturated/α-hetero) is 1. The quantitative estimate of drug-likeness (QED) is 0.249. The Hall–Kier alpha value is -1.22. The third kappa shape index (κ3) is 6.96. The van der Waals surface area contributed by atoms with Crippen LogP contribution in [0.25, 0.3) is 0 Å². The van der Waals surface area contributed by atoms with E-state index >= 15 is 0 Å². The fraction of sp³-hybridized carbons (Fsp3) is 0.951. The number of carbonyl (C=O) groups is 2. The third-order valence-electron chi connectivity index (χ3n) is 14.4. The number of ketones is 1. The molecular weight excluding hydrogens is 684 g/mol. The molecule has 6 aliphatic rings. The van der Waals surface area contributed by atoms with Gasteiger partial charge in [-0.2, -0.15) is 0 Å². The predicted octanol–water partition coefficient (Wildman–Crippen LogP) is 4.91. The van der Waals surface area contributed by atoms with Gasteiger partial charge >= 0.3 is 5.97 Å². The number of esters is 1. The molecule has 12 heteroatoms. The number of aliphatic hydroxyl groups is 3. The molecular formula is C41H68O12. The average molecular weight is 753 g/mol. The second kappa shape index (κ2) is 14.3. The summed E-state index contributed by atoms with van der Waals surface area (Å²) in [5.74, 6) is -5.36. The molecule has 53 heavy (non-hydrogen) atoms. The molecule has 6 fully saturated rings. The first-order valence-corrected chi connectivity index (χ1v) is 20.3. The van der Waals surface area contributed by atoms with Gasteiger partial charge in [0.2, 0.25) is 5.79 Å². The highest BCUT2D eigenvalue weighted by Gasteiger charge is 2.77. The Labute approximate surface area is 316 Å². The van der Waals surface area contributed by atoms with E-state index in [1.807, 2.05) is 13.8 Å². The molecule has 0 amide bonds. The van der Waals surface area contributed by atoms with Crippen molar-refractivity contribution in [3.05, 3.63) is 0 Å². The van der Waals surface area contributed by atoms with E-state index in [1.54, 1.807) is 34.8 Å². The lowest BCUT2D eigenvalue weighted by molar-refractivity contribution is -0.420. The summed E-state index contributed by atoms with van der Waals surface area (Å²) in [5.41, 5.74) is -3.42. The molecule has 1 spiro atoms. The van der Waals surface area contributed by atoms with E-state index in [1.165, 1.54) is 6.92 Å². The van der Waals surface area contributed by atoms with Crippen molar-refractivity contribution in [2.75, 3.05) is 7.11 Å². The largest absolute Gasteiger partial charge is 0.459 e.